The van der Waals surface area contributed by atoms with Gasteiger partial charge in [-0.15, -0.1) is 0 Å². The number of rotatable bonds is 4. The zero-order chi connectivity index (χ0) is 14.3. The van der Waals surface area contributed by atoms with Gasteiger partial charge in [0.05, 0.1) is 17.7 Å². The maximum absolute atomic E-state index is 12.6. The predicted octanol–water partition coefficient (Wildman–Crippen LogP) is 2.47. The Bertz CT molecular complexity index is 523. The Kier molecular flexibility index (Phi) is 3.36. The molecule has 0 radical (unpaired) electrons. The van der Waals surface area contributed by atoms with Crippen LogP contribution in [0, 0.1) is 13.8 Å². The van der Waals surface area contributed by atoms with Crippen molar-refractivity contribution in [3.63, 3.8) is 0 Å². The third kappa shape index (κ3) is 2.26. The van der Waals surface area contributed by atoms with E-state index in [-0.39, 0.29) is 18.1 Å². The molecule has 0 aromatic carbocycles. The van der Waals surface area contributed by atoms with Gasteiger partial charge in [0.1, 0.15) is 0 Å². The largest absolute Gasteiger partial charge is 0.394 e. The first-order valence-electron chi connectivity index (χ1n) is 7.68. The molecule has 1 amide bonds. The molecule has 2 aliphatic carbocycles. The summed E-state index contributed by atoms with van der Waals surface area (Å²) < 4.78 is 2.29. The Hall–Kier alpha value is -1.29. The van der Waals surface area contributed by atoms with E-state index in [2.05, 4.69) is 16.8 Å². The van der Waals surface area contributed by atoms with E-state index in [1.807, 2.05) is 13.0 Å². The Morgan fingerprint density at radius 3 is 2.60 bits per heavy atom. The van der Waals surface area contributed by atoms with Crippen LogP contribution in [0.4, 0.5) is 0 Å². The summed E-state index contributed by atoms with van der Waals surface area (Å²) in [6.45, 7) is 4.14. The Morgan fingerprint density at radius 2 is 2.05 bits per heavy atom. The molecule has 1 aromatic heterocycles. The van der Waals surface area contributed by atoms with Gasteiger partial charge in [-0.3, -0.25) is 4.79 Å². The fourth-order valence-electron chi connectivity index (χ4n) is 3.58. The molecule has 4 heteroatoms. The number of hydrogen-bond acceptors (Lipinski definition) is 2. The third-order valence-corrected chi connectivity index (χ3v) is 4.88. The number of aliphatic hydroxyl groups is 1. The Balaban J connectivity index is 1.82. The van der Waals surface area contributed by atoms with Crippen molar-refractivity contribution in [2.45, 2.75) is 64.0 Å². The standard InChI is InChI=1S/C16H24N2O2/c1-11-9-14(12(2)18(11)13-5-6-13)15(20)17-16(10-19)7-3-4-8-16/h9,13,19H,3-8,10H2,1-2H3,(H,17,20). The van der Waals surface area contributed by atoms with E-state index in [4.69, 9.17) is 0 Å². The van der Waals surface area contributed by atoms with Gasteiger partial charge in [-0.1, -0.05) is 12.8 Å². The topological polar surface area (TPSA) is 54.3 Å². The molecular weight excluding hydrogens is 252 g/mol. The van der Waals surface area contributed by atoms with Crippen molar-refractivity contribution in [1.29, 1.82) is 0 Å². The number of nitrogens with one attached hydrogen (secondary N) is 1. The summed E-state index contributed by atoms with van der Waals surface area (Å²) in [5.74, 6) is -0.0269. The van der Waals surface area contributed by atoms with Crippen molar-refractivity contribution in [3.8, 4) is 0 Å². The van der Waals surface area contributed by atoms with Crippen molar-refractivity contribution in [2.24, 2.45) is 0 Å². The zero-order valence-electron chi connectivity index (χ0n) is 12.4. The van der Waals surface area contributed by atoms with E-state index < -0.39 is 0 Å². The van der Waals surface area contributed by atoms with Crippen LogP contribution in [0.2, 0.25) is 0 Å². The minimum absolute atomic E-state index is 0.0269. The molecule has 0 unspecified atom stereocenters. The summed E-state index contributed by atoms with van der Waals surface area (Å²) in [5, 5.41) is 12.7. The smallest absolute Gasteiger partial charge is 0.253 e. The van der Waals surface area contributed by atoms with Crippen molar-refractivity contribution < 1.29 is 9.90 Å². The van der Waals surface area contributed by atoms with Crippen LogP contribution in [0.25, 0.3) is 0 Å². The SMILES string of the molecule is Cc1cc(C(=O)NC2(CO)CCCC2)c(C)n1C1CC1. The van der Waals surface area contributed by atoms with E-state index in [1.54, 1.807) is 0 Å². The van der Waals surface area contributed by atoms with Gasteiger partial charge < -0.3 is 15.0 Å². The van der Waals surface area contributed by atoms with Crippen molar-refractivity contribution in [1.82, 2.24) is 9.88 Å². The summed E-state index contributed by atoms with van der Waals surface area (Å²) in [5.41, 5.74) is 2.61. The fourth-order valence-corrected chi connectivity index (χ4v) is 3.58. The fraction of sp³-hybridized carbons (Fsp3) is 0.688. The summed E-state index contributed by atoms with van der Waals surface area (Å²) in [6.07, 6.45) is 6.38. The van der Waals surface area contributed by atoms with Crippen molar-refractivity contribution >= 4 is 5.91 Å². The first-order valence-corrected chi connectivity index (χ1v) is 7.68. The van der Waals surface area contributed by atoms with Gasteiger partial charge in [-0.05, 0) is 45.6 Å². The van der Waals surface area contributed by atoms with E-state index in [1.165, 1.54) is 18.5 Å². The number of hydrogen-bond donors (Lipinski definition) is 2. The first kappa shape index (κ1) is 13.7. The molecule has 3 rings (SSSR count). The maximum Gasteiger partial charge on any atom is 0.253 e. The highest BCUT2D eigenvalue weighted by Crippen LogP contribution is 2.38. The molecular formula is C16H24N2O2. The van der Waals surface area contributed by atoms with Gasteiger partial charge in [0.2, 0.25) is 0 Å². The van der Waals surface area contributed by atoms with E-state index in [9.17, 15) is 9.90 Å². The van der Waals surface area contributed by atoms with E-state index in [0.29, 0.717) is 6.04 Å². The van der Waals surface area contributed by atoms with Crippen LogP contribution in [-0.4, -0.2) is 27.7 Å². The summed E-state index contributed by atoms with van der Waals surface area (Å²) in [4.78, 5) is 12.6. The molecule has 0 aliphatic heterocycles. The van der Waals surface area contributed by atoms with Gasteiger partial charge in [0, 0.05) is 17.4 Å². The lowest BCUT2D eigenvalue weighted by atomic mass is 9.98. The Labute approximate surface area is 120 Å². The van der Waals surface area contributed by atoms with Crippen LogP contribution in [0.15, 0.2) is 6.07 Å². The number of aryl methyl sites for hydroxylation is 1. The maximum atomic E-state index is 12.6. The summed E-state index contributed by atoms with van der Waals surface area (Å²) in [6, 6.07) is 2.58. The van der Waals surface area contributed by atoms with Crippen LogP contribution in [0.5, 0.6) is 0 Å². The lowest BCUT2D eigenvalue weighted by Crippen LogP contribution is -2.49. The number of aromatic nitrogens is 1. The minimum atomic E-state index is -0.390. The average molecular weight is 276 g/mol. The molecule has 2 N–H and O–H groups in total. The van der Waals surface area contributed by atoms with E-state index >= 15 is 0 Å². The number of amides is 1. The lowest BCUT2D eigenvalue weighted by molar-refractivity contribution is 0.0838. The molecule has 110 valence electrons. The molecule has 0 atom stereocenters. The minimum Gasteiger partial charge on any atom is -0.394 e. The van der Waals surface area contributed by atoms with Crippen LogP contribution < -0.4 is 5.32 Å². The quantitative estimate of drug-likeness (QED) is 0.887. The molecule has 1 aromatic rings. The van der Waals surface area contributed by atoms with Crippen LogP contribution in [-0.2, 0) is 0 Å². The molecule has 0 spiro atoms. The summed E-state index contributed by atoms with van der Waals surface area (Å²) >= 11 is 0. The van der Waals surface area contributed by atoms with Gasteiger partial charge >= 0.3 is 0 Å². The van der Waals surface area contributed by atoms with Crippen molar-refractivity contribution in [2.75, 3.05) is 6.61 Å². The highest BCUT2D eigenvalue weighted by molar-refractivity contribution is 5.96. The van der Waals surface area contributed by atoms with E-state index in [0.717, 1.165) is 36.9 Å². The number of nitrogens with zero attached hydrogens (tertiary/aromatic N) is 1. The third-order valence-electron chi connectivity index (χ3n) is 4.88. The molecule has 0 bridgehead atoms. The molecule has 20 heavy (non-hydrogen) atoms. The molecule has 2 saturated carbocycles. The second-order valence-corrected chi connectivity index (χ2v) is 6.49. The van der Waals surface area contributed by atoms with Gasteiger partial charge in [-0.2, -0.15) is 0 Å². The predicted molar refractivity (Wildman–Crippen MR) is 77.9 cm³/mol. The van der Waals surface area contributed by atoms with Crippen molar-refractivity contribution in [3.05, 3.63) is 23.0 Å². The van der Waals surface area contributed by atoms with Gasteiger partial charge in [-0.25, -0.2) is 0 Å². The number of carbonyl (C=O) groups is 1. The zero-order valence-corrected chi connectivity index (χ0v) is 12.4. The molecule has 4 nitrogen and oxygen atoms in total. The second kappa shape index (κ2) is 4.92. The average Bonchev–Trinajstić information content (AvgIpc) is 3.06. The van der Waals surface area contributed by atoms with Crippen LogP contribution in [0.1, 0.15) is 66.3 Å². The van der Waals surface area contributed by atoms with Crippen LogP contribution >= 0.6 is 0 Å². The molecule has 0 saturated heterocycles. The monoisotopic (exact) mass is 276 g/mol. The molecule has 2 aliphatic rings. The Morgan fingerprint density at radius 1 is 1.40 bits per heavy atom. The second-order valence-electron chi connectivity index (χ2n) is 6.49. The van der Waals surface area contributed by atoms with Crippen LogP contribution in [0.3, 0.4) is 0 Å². The summed E-state index contributed by atoms with van der Waals surface area (Å²) in [7, 11) is 0. The molecule has 2 fully saturated rings. The number of aliphatic hydroxyl groups excluding tert-OH is 1. The highest BCUT2D eigenvalue weighted by Gasteiger charge is 2.36. The van der Waals surface area contributed by atoms with Gasteiger partial charge in [0.15, 0.2) is 0 Å². The first-order chi connectivity index (χ1) is 9.56. The normalized spacial score (nSPS) is 21.1. The van der Waals surface area contributed by atoms with Gasteiger partial charge in [0.25, 0.3) is 5.91 Å². The number of carbonyl (C=O) groups excluding carboxylic acids is 1. The highest BCUT2D eigenvalue weighted by atomic mass is 16.3. The lowest BCUT2D eigenvalue weighted by Gasteiger charge is -2.28. The molecule has 1 heterocycles.